The van der Waals surface area contributed by atoms with Crippen molar-refractivity contribution >= 4 is 5.91 Å². The summed E-state index contributed by atoms with van der Waals surface area (Å²) in [4.78, 5) is 13.8. The van der Waals surface area contributed by atoms with Gasteiger partial charge >= 0.3 is 0 Å². The summed E-state index contributed by atoms with van der Waals surface area (Å²) in [6, 6.07) is 1.02. The Morgan fingerprint density at radius 2 is 1.96 bits per heavy atom. The summed E-state index contributed by atoms with van der Waals surface area (Å²) in [5.74, 6) is -3.24. The Labute approximate surface area is 154 Å². The van der Waals surface area contributed by atoms with E-state index >= 15 is 0 Å². The van der Waals surface area contributed by atoms with Crippen molar-refractivity contribution in [1.82, 2.24) is 14.9 Å². The molecule has 0 saturated carbocycles. The van der Waals surface area contributed by atoms with E-state index in [0.717, 1.165) is 5.70 Å². The van der Waals surface area contributed by atoms with Gasteiger partial charge < -0.3 is 5.73 Å². The molecule has 0 aliphatic carbocycles. The van der Waals surface area contributed by atoms with Crippen LogP contribution in [0.2, 0.25) is 0 Å². The fourth-order valence-electron chi connectivity index (χ4n) is 3.70. The molecule has 3 heterocycles. The standard InChI is InChI=1S/C19H19F3N4O/c20-13-6-17(21)16(18(22)7-13)8-14-2-1-5-24-10-15-4-3-12(19(23)27)9-25(15)26(14)11-24/h1-2,4,6-7,9,14H,3,5,8,10-11H2,(H2,23,27). The number of hydrogen-bond donors (Lipinski definition) is 1. The highest BCUT2D eigenvalue weighted by Gasteiger charge is 2.35. The lowest BCUT2D eigenvalue weighted by Crippen LogP contribution is -2.56. The number of primary amides is 1. The molecule has 0 spiro atoms. The Morgan fingerprint density at radius 3 is 2.67 bits per heavy atom. The maximum absolute atomic E-state index is 14.2. The number of amides is 1. The van der Waals surface area contributed by atoms with Crippen LogP contribution in [-0.4, -0.2) is 46.6 Å². The molecular weight excluding hydrogens is 357 g/mol. The zero-order chi connectivity index (χ0) is 19.1. The van der Waals surface area contributed by atoms with Gasteiger partial charge in [0.15, 0.2) is 0 Å². The van der Waals surface area contributed by atoms with Crippen LogP contribution in [0.15, 0.2) is 47.8 Å². The maximum Gasteiger partial charge on any atom is 0.246 e. The van der Waals surface area contributed by atoms with E-state index in [-0.39, 0.29) is 18.0 Å². The lowest BCUT2D eigenvalue weighted by atomic mass is 10.0. The number of carbonyl (C=O) groups is 1. The Bertz CT molecular complexity index is 857. The number of nitrogens with two attached hydrogens (primary N) is 1. The van der Waals surface area contributed by atoms with E-state index in [1.165, 1.54) is 0 Å². The minimum Gasteiger partial charge on any atom is -0.366 e. The van der Waals surface area contributed by atoms with Gasteiger partial charge in [-0.25, -0.2) is 13.2 Å². The van der Waals surface area contributed by atoms with Crippen LogP contribution >= 0.6 is 0 Å². The van der Waals surface area contributed by atoms with Crippen LogP contribution in [0.4, 0.5) is 13.2 Å². The number of halogens is 3. The molecule has 142 valence electrons. The lowest BCUT2D eigenvalue weighted by Gasteiger charge is -2.47. The molecule has 4 rings (SSSR count). The Balaban J connectivity index is 1.68. The van der Waals surface area contributed by atoms with Gasteiger partial charge in [0, 0.05) is 48.3 Å². The van der Waals surface area contributed by atoms with Crippen LogP contribution in [0, 0.1) is 17.5 Å². The molecule has 0 radical (unpaired) electrons. The van der Waals surface area contributed by atoms with Crippen LogP contribution < -0.4 is 5.73 Å². The molecule has 27 heavy (non-hydrogen) atoms. The highest BCUT2D eigenvalue weighted by Crippen LogP contribution is 2.30. The topological polar surface area (TPSA) is 52.8 Å². The van der Waals surface area contributed by atoms with Crippen molar-refractivity contribution in [3.63, 3.8) is 0 Å². The Kier molecular flexibility index (Phi) is 4.53. The molecule has 2 N–H and O–H groups in total. The molecule has 0 aromatic heterocycles. The number of fused-ring (bicyclic) bond motifs is 4. The molecule has 1 fully saturated rings. The number of allylic oxidation sites excluding steroid dienone is 1. The predicted molar refractivity (Wildman–Crippen MR) is 93.0 cm³/mol. The van der Waals surface area contributed by atoms with Crippen molar-refractivity contribution in [1.29, 1.82) is 0 Å². The molecular formula is C19H19F3N4O. The minimum absolute atomic E-state index is 0.0335. The van der Waals surface area contributed by atoms with Crippen molar-refractivity contribution in [2.75, 3.05) is 19.8 Å². The Morgan fingerprint density at radius 1 is 1.22 bits per heavy atom. The average Bonchev–Trinajstić information content (AvgIpc) is 2.77. The normalized spacial score (nSPS) is 26.8. The van der Waals surface area contributed by atoms with Crippen molar-refractivity contribution in [3.8, 4) is 0 Å². The minimum atomic E-state index is -0.940. The molecule has 1 saturated heterocycles. The number of rotatable bonds is 3. The SMILES string of the molecule is NC(=O)C1=CN2C(=CC1)CN1CC=CC(Cc3c(F)cc(F)cc3F)N2C1. The molecule has 5 nitrogen and oxygen atoms in total. The highest BCUT2D eigenvalue weighted by atomic mass is 19.1. The van der Waals surface area contributed by atoms with E-state index in [9.17, 15) is 18.0 Å². The number of benzene rings is 1. The van der Waals surface area contributed by atoms with Gasteiger partial charge in [0.05, 0.1) is 12.7 Å². The fraction of sp³-hybridized carbons (Fsp3) is 0.316. The monoisotopic (exact) mass is 376 g/mol. The van der Waals surface area contributed by atoms with E-state index in [4.69, 9.17) is 5.73 Å². The van der Waals surface area contributed by atoms with Crippen molar-refractivity contribution in [2.45, 2.75) is 18.9 Å². The summed E-state index contributed by atoms with van der Waals surface area (Å²) in [7, 11) is 0. The van der Waals surface area contributed by atoms with Gasteiger partial charge in [0.1, 0.15) is 17.5 Å². The van der Waals surface area contributed by atoms with E-state index in [2.05, 4.69) is 4.90 Å². The predicted octanol–water partition coefficient (Wildman–Crippen LogP) is 2.03. The molecule has 3 aliphatic heterocycles. The van der Waals surface area contributed by atoms with Crippen LogP contribution in [0.25, 0.3) is 0 Å². The third-order valence-electron chi connectivity index (χ3n) is 5.08. The third-order valence-corrected chi connectivity index (χ3v) is 5.08. The van der Waals surface area contributed by atoms with Gasteiger partial charge in [-0.1, -0.05) is 18.2 Å². The first-order valence-corrected chi connectivity index (χ1v) is 8.70. The Hall–Kier alpha value is -2.58. The summed E-state index contributed by atoms with van der Waals surface area (Å²) in [5, 5.41) is 3.78. The van der Waals surface area contributed by atoms with E-state index in [1.807, 2.05) is 28.2 Å². The maximum atomic E-state index is 14.2. The molecule has 2 bridgehead atoms. The van der Waals surface area contributed by atoms with Gasteiger partial charge in [-0.15, -0.1) is 0 Å². The average molecular weight is 376 g/mol. The number of nitrogens with zero attached hydrogens (tertiary/aromatic N) is 3. The first-order valence-electron chi connectivity index (χ1n) is 8.70. The fourth-order valence-corrected chi connectivity index (χ4v) is 3.70. The summed E-state index contributed by atoms with van der Waals surface area (Å²) in [6.45, 7) is 1.94. The lowest BCUT2D eigenvalue weighted by molar-refractivity contribution is -0.115. The summed E-state index contributed by atoms with van der Waals surface area (Å²) >= 11 is 0. The van der Waals surface area contributed by atoms with Crippen molar-refractivity contribution < 1.29 is 18.0 Å². The van der Waals surface area contributed by atoms with Gasteiger partial charge in [-0.05, 0) is 12.8 Å². The van der Waals surface area contributed by atoms with Gasteiger partial charge in [0.25, 0.3) is 0 Å². The van der Waals surface area contributed by atoms with Crippen LogP contribution in [0.5, 0.6) is 0 Å². The first kappa shape index (κ1) is 17.8. The second-order valence-electron chi connectivity index (χ2n) is 6.90. The van der Waals surface area contributed by atoms with Crippen LogP contribution in [0.1, 0.15) is 12.0 Å². The largest absolute Gasteiger partial charge is 0.366 e. The molecule has 1 amide bonds. The summed E-state index contributed by atoms with van der Waals surface area (Å²) in [6.07, 6.45) is 7.98. The smallest absolute Gasteiger partial charge is 0.246 e. The number of hydrogen-bond acceptors (Lipinski definition) is 4. The van der Waals surface area contributed by atoms with Gasteiger partial charge in [-0.3, -0.25) is 14.7 Å². The molecule has 3 aliphatic rings. The van der Waals surface area contributed by atoms with Crippen molar-refractivity contribution in [3.05, 3.63) is 70.8 Å². The third kappa shape index (κ3) is 3.38. The zero-order valence-corrected chi connectivity index (χ0v) is 14.5. The quantitative estimate of drug-likeness (QED) is 0.821. The number of carbonyl (C=O) groups excluding carboxylic acids is 1. The van der Waals surface area contributed by atoms with E-state index in [1.54, 1.807) is 6.20 Å². The van der Waals surface area contributed by atoms with Crippen LogP contribution in [0.3, 0.4) is 0 Å². The second-order valence-corrected chi connectivity index (χ2v) is 6.90. The highest BCUT2D eigenvalue weighted by molar-refractivity contribution is 5.92. The van der Waals surface area contributed by atoms with E-state index < -0.39 is 23.4 Å². The molecule has 8 heteroatoms. The summed E-state index contributed by atoms with van der Waals surface area (Å²) in [5.41, 5.74) is 6.72. The van der Waals surface area contributed by atoms with Gasteiger partial charge in [-0.2, -0.15) is 5.01 Å². The molecule has 3 atom stereocenters. The number of hydrazine groups is 1. The van der Waals surface area contributed by atoms with Gasteiger partial charge in [0.2, 0.25) is 5.91 Å². The van der Waals surface area contributed by atoms with E-state index in [0.29, 0.717) is 43.9 Å². The molecule has 1 aromatic carbocycles. The van der Waals surface area contributed by atoms with Crippen molar-refractivity contribution in [2.24, 2.45) is 5.73 Å². The summed E-state index contributed by atoms with van der Waals surface area (Å²) < 4.78 is 41.5. The zero-order valence-electron chi connectivity index (χ0n) is 14.5. The molecule has 1 aromatic rings. The molecule has 3 unspecified atom stereocenters. The first-order chi connectivity index (χ1) is 12.9. The second kappa shape index (κ2) is 6.86. The van der Waals surface area contributed by atoms with Crippen LogP contribution in [-0.2, 0) is 11.2 Å².